The molecule has 16 heavy (non-hydrogen) atoms. The van der Waals surface area contributed by atoms with Crippen LogP contribution in [0.1, 0.15) is 33.6 Å². The highest BCUT2D eigenvalue weighted by molar-refractivity contribution is 5.70. The molecule has 1 rings (SSSR count). The van der Waals surface area contributed by atoms with Crippen LogP contribution in [0, 0.1) is 5.92 Å². The van der Waals surface area contributed by atoms with Gasteiger partial charge in [0.15, 0.2) is 0 Å². The van der Waals surface area contributed by atoms with Gasteiger partial charge in [0.25, 0.3) is 0 Å². The third-order valence-electron chi connectivity index (χ3n) is 2.56. The zero-order chi connectivity index (χ0) is 12.2. The van der Waals surface area contributed by atoms with Crippen molar-refractivity contribution >= 4 is 5.97 Å². The van der Waals surface area contributed by atoms with E-state index in [4.69, 9.17) is 14.2 Å². The summed E-state index contributed by atoms with van der Waals surface area (Å²) in [5.41, 5.74) is -0.421. The van der Waals surface area contributed by atoms with Gasteiger partial charge < -0.3 is 14.2 Å². The van der Waals surface area contributed by atoms with Crippen molar-refractivity contribution in [3.8, 4) is 0 Å². The number of ether oxygens (including phenoxy) is 3. The number of esters is 1. The predicted octanol–water partition coefficient (Wildman–Crippen LogP) is 1.77. The number of hydrogen-bond donors (Lipinski definition) is 0. The molecule has 4 heteroatoms. The van der Waals surface area contributed by atoms with Crippen molar-refractivity contribution in [2.24, 2.45) is 5.92 Å². The van der Waals surface area contributed by atoms with Crippen LogP contribution in [0.2, 0.25) is 0 Å². The van der Waals surface area contributed by atoms with Gasteiger partial charge in [-0.2, -0.15) is 0 Å². The Balaban J connectivity index is 2.42. The molecule has 0 N–H and O–H groups in total. The average Bonchev–Trinajstić information content (AvgIpc) is 2.15. The van der Waals surface area contributed by atoms with Gasteiger partial charge in [0.1, 0.15) is 5.60 Å². The lowest BCUT2D eigenvalue weighted by Crippen LogP contribution is -2.36. The minimum Gasteiger partial charge on any atom is -0.460 e. The van der Waals surface area contributed by atoms with Crippen LogP contribution in [0.5, 0.6) is 0 Å². The molecule has 0 aromatic rings. The van der Waals surface area contributed by atoms with E-state index in [0.29, 0.717) is 19.6 Å². The minimum atomic E-state index is -0.421. The molecule has 1 aliphatic heterocycles. The van der Waals surface area contributed by atoms with Crippen LogP contribution in [-0.2, 0) is 19.0 Å². The molecule has 0 spiro atoms. The maximum absolute atomic E-state index is 11.7. The fourth-order valence-electron chi connectivity index (χ4n) is 1.88. The van der Waals surface area contributed by atoms with Gasteiger partial charge in [-0.15, -0.1) is 0 Å². The maximum Gasteiger partial charge on any atom is 0.306 e. The monoisotopic (exact) mass is 230 g/mol. The Labute approximate surface area is 97.2 Å². The second kappa shape index (κ2) is 5.64. The zero-order valence-electron chi connectivity index (χ0n) is 10.6. The van der Waals surface area contributed by atoms with Crippen LogP contribution in [-0.4, -0.2) is 38.0 Å². The van der Waals surface area contributed by atoms with Crippen molar-refractivity contribution in [2.45, 2.75) is 45.3 Å². The van der Waals surface area contributed by atoms with Gasteiger partial charge >= 0.3 is 5.97 Å². The van der Waals surface area contributed by atoms with E-state index in [2.05, 4.69) is 0 Å². The van der Waals surface area contributed by atoms with Crippen molar-refractivity contribution in [1.82, 2.24) is 0 Å². The van der Waals surface area contributed by atoms with E-state index >= 15 is 0 Å². The molecule has 2 atom stereocenters. The van der Waals surface area contributed by atoms with Crippen molar-refractivity contribution in [2.75, 3.05) is 20.3 Å². The van der Waals surface area contributed by atoms with Gasteiger partial charge in [0, 0.05) is 19.6 Å². The van der Waals surface area contributed by atoms with E-state index in [1.54, 1.807) is 7.11 Å². The van der Waals surface area contributed by atoms with E-state index in [-0.39, 0.29) is 18.0 Å². The number of carbonyl (C=O) groups excluding carboxylic acids is 1. The number of carbonyl (C=O) groups is 1. The Hall–Kier alpha value is -0.610. The number of methoxy groups -OCH3 is 1. The molecule has 0 radical (unpaired) electrons. The van der Waals surface area contributed by atoms with E-state index in [0.717, 1.165) is 6.42 Å². The lowest BCUT2D eigenvalue weighted by Gasteiger charge is -2.30. The molecule has 0 unspecified atom stereocenters. The van der Waals surface area contributed by atoms with Crippen molar-refractivity contribution in [1.29, 1.82) is 0 Å². The quantitative estimate of drug-likeness (QED) is 0.693. The van der Waals surface area contributed by atoms with Crippen molar-refractivity contribution < 1.29 is 19.0 Å². The first-order chi connectivity index (χ1) is 7.42. The molecule has 0 bridgehead atoms. The molecule has 4 nitrogen and oxygen atoms in total. The number of rotatable bonds is 3. The third kappa shape index (κ3) is 4.49. The highest BCUT2D eigenvalue weighted by Crippen LogP contribution is 2.22. The summed E-state index contributed by atoms with van der Waals surface area (Å²) in [6.07, 6.45) is 1.33. The Morgan fingerprint density at radius 3 is 2.69 bits per heavy atom. The van der Waals surface area contributed by atoms with E-state index in [1.165, 1.54) is 0 Å². The molecule has 1 aliphatic rings. The predicted molar refractivity (Wildman–Crippen MR) is 60.2 cm³/mol. The Bertz CT molecular complexity index is 232. The van der Waals surface area contributed by atoms with Crippen molar-refractivity contribution in [3.05, 3.63) is 0 Å². The molecule has 0 saturated carbocycles. The van der Waals surface area contributed by atoms with Gasteiger partial charge in [-0.1, -0.05) is 0 Å². The van der Waals surface area contributed by atoms with E-state index < -0.39 is 5.60 Å². The normalized spacial score (nSPS) is 26.5. The average molecular weight is 230 g/mol. The number of hydrogen-bond acceptors (Lipinski definition) is 4. The fourth-order valence-corrected chi connectivity index (χ4v) is 1.88. The van der Waals surface area contributed by atoms with Gasteiger partial charge in [-0.05, 0) is 27.2 Å². The van der Waals surface area contributed by atoms with Crippen LogP contribution >= 0.6 is 0 Å². The first-order valence-corrected chi connectivity index (χ1v) is 5.75. The summed E-state index contributed by atoms with van der Waals surface area (Å²) in [7, 11) is 1.68. The largest absolute Gasteiger partial charge is 0.460 e. The summed E-state index contributed by atoms with van der Waals surface area (Å²) in [5.74, 6) is -0.0568. The second-order valence-corrected chi connectivity index (χ2v) is 5.19. The Morgan fingerprint density at radius 1 is 1.44 bits per heavy atom. The topological polar surface area (TPSA) is 44.8 Å². The molecule has 0 aliphatic carbocycles. The molecule has 0 aromatic heterocycles. The lowest BCUT2D eigenvalue weighted by atomic mass is 9.95. The summed E-state index contributed by atoms with van der Waals surface area (Å²) >= 11 is 0. The molecular weight excluding hydrogens is 208 g/mol. The second-order valence-electron chi connectivity index (χ2n) is 5.19. The molecule has 1 saturated heterocycles. The van der Waals surface area contributed by atoms with Crippen LogP contribution in [0.3, 0.4) is 0 Å². The highest BCUT2D eigenvalue weighted by Gasteiger charge is 2.29. The van der Waals surface area contributed by atoms with Gasteiger partial charge in [0.2, 0.25) is 0 Å². The first-order valence-electron chi connectivity index (χ1n) is 5.75. The smallest absolute Gasteiger partial charge is 0.306 e. The SMILES string of the molecule is CO[C@H]1CCOC[C@@H]1CC(=O)OC(C)(C)C. The van der Waals surface area contributed by atoms with Crippen LogP contribution in [0.4, 0.5) is 0 Å². The molecule has 0 amide bonds. The highest BCUT2D eigenvalue weighted by atomic mass is 16.6. The summed E-state index contributed by atoms with van der Waals surface area (Å²) in [6.45, 7) is 6.91. The molecule has 94 valence electrons. The van der Waals surface area contributed by atoms with Gasteiger partial charge in [0.05, 0.1) is 19.1 Å². The zero-order valence-corrected chi connectivity index (χ0v) is 10.6. The third-order valence-corrected chi connectivity index (χ3v) is 2.56. The van der Waals surface area contributed by atoms with Crippen LogP contribution in [0.25, 0.3) is 0 Å². The van der Waals surface area contributed by atoms with E-state index in [1.807, 2.05) is 20.8 Å². The minimum absolute atomic E-state index is 0.112. The van der Waals surface area contributed by atoms with Gasteiger partial charge in [-0.3, -0.25) is 4.79 Å². The van der Waals surface area contributed by atoms with Gasteiger partial charge in [-0.25, -0.2) is 0 Å². The first kappa shape index (κ1) is 13.5. The summed E-state index contributed by atoms with van der Waals surface area (Å²) < 4.78 is 16.0. The van der Waals surface area contributed by atoms with E-state index in [9.17, 15) is 4.79 Å². The van der Waals surface area contributed by atoms with Crippen LogP contribution < -0.4 is 0 Å². The van der Waals surface area contributed by atoms with Crippen LogP contribution in [0.15, 0.2) is 0 Å². The summed E-state index contributed by atoms with van der Waals surface area (Å²) in [6, 6.07) is 0. The molecule has 1 fully saturated rings. The molecule has 1 heterocycles. The fraction of sp³-hybridized carbons (Fsp3) is 0.917. The lowest BCUT2D eigenvalue weighted by molar-refractivity contribution is -0.159. The molecule has 0 aromatic carbocycles. The summed E-state index contributed by atoms with van der Waals surface area (Å²) in [5, 5.41) is 0. The Kier molecular flexibility index (Phi) is 4.74. The van der Waals surface area contributed by atoms with Crippen molar-refractivity contribution in [3.63, 3.8) is 0 Å². The Morgan fingerprint density at radius 2 is 2.12 bits per heavy atom. The summed E-state index contributed by atoms with van der Waals surface area (Å²) in [4.78, 5) is 11.7. The maximum atomic E-state index is 11.7. The standard InChI is InChI=1S/C12H22O4/c1-12(2,3)16-11(13)7-9-8-15-6-5-10(9)14-4/h9-10H,5-8H2,1-4H3/t9-,10-/m0/s1. The molecular formula is C12H22O4.